The van der Waals surface area contributed by atoms with E-state index in [1.807, 2.05) is 13.1 Å². The third-order valence-corrected chi connectivity index (χ3v) is 4.58. The van der Waals surface area contributed by atoms with E-state index >= 15 is 0 Å². The first-order valence-corrected chi connectivity index (χ1v) is 8.67. The molecule has 1 fully saturated rings. The maximum atomic E-state index is 5.51. The van der Waals surface area contributed by atoms with E-state index in [0.717, 1.165) is 25.4 Å². The Morgan fingerprint density at radius 2 is 1.57 bits per heavy atom. The van der Waals surface area contributed by atoms with Gasteiger partial charge in [0.25, 0.3) is 0 Å². The van der Waals surface area contributed by atoms with Gasteiger partial charge < -0.3 is 14.5 Å². The fraction of sp³-hybridized carbons (Fsp3) is 0.421. The van der Waals surface area contributed by atoms with Crippen molar-refractivity contribution in [1.29, 1.82) is 0 Å². The van der Waals surface area contributed by atoms with Crippen LogP contribution in [-0.2, 0) is 13.1 Å². The molecule has 1 aliphatic rings. The second kappa shape index (κ2) is 8.09. The average Bonchev–Trinajstić information content (AvgIpc) is 2.60. The number of rotatable bonds is 6. The fourth-order valence-corrected chi connectivity index (χ4v) is 3.30. The van der Waals surface area contributed by atoms with Crippen molar-refractivity contribution in [3.05, 3.63) is 59.9 Å². The van der Waals surface area contributed by atoms with Crippen molar-refractivity contribution >= 4 is 0 Å². The minimum absolute atomic E-state index is 0.731. The van der Waals surface area contributed by atoms with Gasteiger partial charge in [0, 0.05) is 11.6 Å². The lowest BCUT2D eigenvalue weighted by molar-refractivity contribution is -1.02. The van der Waals surface area contributed by atoms with Gasteiger partial charge in [0.2, 0.25) is 0 Å². The Morgan fingerprint density at radius 1 is 0.913 bits per heavy atom. The monoisotopic (exact) mass is 314 g/mol. The van der Waals surface area contributed by atoms with E-state index in [-0.39, 0.29) is 0 Å². The summed E-state index contributed by atoms with van der Waals surface area (Å²) in [6, 6.07) is 12.9. The molecule has 2 heterocycles. The predicted molar refractivity (Wildman–Crippen MR) is 89.4 cm³/mol. The molecule has 0 atom stereocenters. The number of ether oxygens (including phenoxy) is 1. The molecule has 23 heavy (non-hydrogen) atoms. The Balaban J connectivity index is 1.45. The minimum atomic E-state index is 0.731. The number of quaternary nitrogens is 2. The third kappa shape index (κ3) is 4.78. The lowest BCUT2D eigenvalue weighted by Crippen LogP contribution is -3.27. The van der Waals surface area contributed by atoms with Gasteiger partial charge in [0.05, 0.1) is 12.2 Å². The molecule has 0 radical (unpaired) electrons. The van der Waals surface area contributed by atoms with Crippen molar-refractivity contribution in [2.24, 2.45) is 0 Å². The third-order valence-electron chi connectivity index (χ3n) is 4.58. The van der Waals surface area contributed by atoms with Gasteiger partial charge in [-0.1, -0.05) is 0 Å². The molecule has 0 bridgehead atoms. The number of nitrogens with one attached hydrogen (secondary N) is 3. The van der Waals surface area contributed by atoms with E-state index in [4.69, 9.17) is 4.74 Å². The maximum absolute atomic E-state index is 5.51. The van der Waals surface area contributed by atoms with Crippen LogP contribution >= 0.6 is 0 Å². The zero-order chi connectivity index (χ0) is 15.9. The molecule has 122 valence electrons. The Kier molecular flexibility index (Phi) is 5.61. The summed E-state index contributed by atoms with van der Waals surface area (Å²) in [4.78, 5) is 6.56. The van der Waals surface area contributed by atoms with Gasteiger partial charge in [0.1, 0.15) is 45.0 Å². The summed E-state index contributed by atoms with van der Waals surface area (Å²) in [6.45, 7) is 10.0. The zero-order valence-corrected chi connectivity index (χ0v) is 14.0. The summed E-state index contributed by atoms with van der Waals surface area (Å²) in [5, 5.41) is 0. The smallest absolute Gasteiger partial charge is 0.175 e. The number of hydrogen-bond donors (Lipinski definition) is 2. The lowest BCUT2D eigenvalue weighted by atomic mass is 10.2. The SMILES string of the molecule is CCOc1ccc(C[NH+]2CC[NH+](Cc3ccc[nH+]c3)CC2)cc1. The zero-order valence-electron chi connectivity index (χ0n) is 14.0. The largest absolute Gasteiger partial charge is 0.494 e. The van der Waals surface area contributed by atoms with Gasteiger partial charge in [-0.05, 0) is 37.3 Å². The molecular formula is C19H28N3O+3. The van der Waals surface area contributed by atoms with Crippen LogP contribution < -0.4 is 19.5 Å². The van der Waals surface area contributed by atoms with Crippen LogP contribution in [0.1, 0.15) is 18.1 Å². The Labute approximate surface area is 138 Å². The van der Waals surface area contributed by atoms with Crippen LogP contribution in [0.3, 0.4) is 0 Å². The highest BCUT2D eigenvalue weighted by Gasteiger charge is 2.23. The minimum Gasteiger partial charge on any atom is -0.494 e. The number of piperazine rings is 1. The van der Waals surface area contributed by atoms with E-state index in [2.05, 4.69) is 47.6 Å². The van der Waals surface area contributed by atoms with Crippen LogP contribution in [0.5, 0.6) is 5.75 Å². The molecule has 3 rings (SSSR count). The molecule has 0 spiro atoms. The molecule has 1 aromatic carbocycles. The number of pyridine rings is 1. The first kappa shape index (κ1) is 16.0. The Bertz CT molecular complexity index is 577. The highest BCUT2D eigenvalue weighted by molar-refractivity contribution is 5.26. The van der Waals surface area contributed by atoms with Gasteiger partial charge in [0.15, 0.2) is 12.4 Å². The molecule has 0 amide bonds. The molecule has 1 aliphatic heterocycles. The molecule has 0 aliphatic carbocycles. The van der Waals surface area contributed by atoms with Crippen molar-refractivity contribution in [3.8, 4) is 5.75 Å². The van der Waals surface area contributed by atoms with Crippen LogP contribution in [0, 0.1) is 0 Å². The Morgan fingerprint density at radius 3 is 2.13 bits per heavy atom. The van der Waals surface area contributed by atoms with Gasteiger partial charge >= 0.3 is 0 Å². The van der Waals surface area contributed by atoms with Gasteiger partial charge in [-0.3, -0.25) is 0 Å². The van der Waals surface area contributed by atoms with E-state index in [9.17, 15) is 0 Å². The summed E-state index contributed by atoms with van der Waals surface area (Å²) in [7, 11) is 0. The van der Waals surface area contributed by atoms with E-state index < -0.39 is 0 Å². The predicted octanol–water partition coefficient (Wildman–Crippen LogP) is -0.617. The number of benzene rings is 1. The summed E-state index contributed by atoms with van der Waals surface area (Å²) in [5.41, 5.74) is 2.81. The number of aromatic nitrogens is 1. The molecule has 2 aromatic rings. The molecular weight excluding hydrogens is 286 g/mol. The second-order valence-corrected chi connectivity index (χ2v) is 6.34. The lowest BCUT2D eigenvalue weighted by Gasteiger charge is -2.29. The van der Waals surface area contributed by atoms with Gasteiger partial charge in [-0.2, -0.15) is 0 Å². The van der Waals surface area contributed by atoms with Crippen LogP contribution in [0.2, 0.25) is 0 Å². The summed E-state index contributed by atoms with van der Waals surface area (Å²) in [5.74, 6) is 0.972. The molecule has 0 saturated carbocycles. The van der Waals surface area contributed by atoms with Crippen molar-refractivity contribution < 1.29 is 19.5 Å². The first-order valence-electron chi connectivity index (χ1n) is 8.67. The van der Waals surface area contributed by atoms with Crippen LogP contribution in [0.25, 0.3) is 0 Å². The van der Waals surface area contributed by atoms with Crippen LogP contribution in [0.15, 0.2) is 48.8 Å². The number of hydrogen-bond acceptors (Lipinski definition) is 1. The normalized spacial score (nSPS) is 21.1. The second-order valence-electron chi connectivity index (χ2n) is 6.34. The molecule has 3 N–H and O–H groups in total. The highest BCUT2D eigenvalue weighted by Crippen LogP contribution is 2.11. The molecule has 0 unspecified atom stereocenters. The first-order chi connectivity index (χ1) is 11.3. The van der Waals surface area contributed by atoms with Crippen molar-refractivity contribution in [2.45, 2.75) is 20.0 Å². The average molecular weight is 314 g/mol. The molecule has 4 heteroatoms. The summed E-state index contributed by atoms with van der Waals surface area (Å²) >= 11 is 0. The van der Waals surface area contributed by atoms with E-state index in [1.165, 1.54) is 37.3 Å². The molecule has 1 saturated heterocycles. The maximum Gasteiger partial charge on any atom is 0.175 e. The van der Waals surface area contributed by atoms with Gasteiger partial charge in [-0.25, -0.2) is 4.98 Å². The van der Waals surface area contributed by atoms with Crippen molar-refractivity contribution in [3.63, 3.8) is 0 Å². The van der Waals surface area contributed by atoms with E-state index in [0.29, 0.717) is 0 Å². The number of aromatic amines is 1. The highest BCUT2D eigenvalue weighted by atomic mass is 16.5. The van der Waals surface area contributed by atoms with Crippen LogP contribution in [0.4, 0.5) is 0 Å². The Hall–Kier alpha value is -1.91. The van der Waals surface area contributed by atoms with E-state index in [1.54, 1.807) is 9.80 Å². The van der Waals surface area contributed by atoms with Crippen molar-refractivity contribution in [1.82, 2.24) is 0 Å². The molecule has 4 nitrogen and oxygen atoms in total. The summed E-state index contributed by atoms with van der Waals surface area (Å²) in [6.07, 6.45) is 4.09. The standard InChI is InChI=1S/C19H25N3O/c1-2-23-19-7-5-17(6-8-19)15-21-10-12-22(13-11-21)16-18-4-3-9-20-14-18/h3-9,14H,2,10-13,15-16H2,1H3/p+3. The summed E-state index contributed by atoms with van der Waals surface area (Å²) < 4.78 is 5.51. The molecule has 1 aromatic heterocycles. The fourth-order valence-electron chi connectivity index (χ4n) is 3.30. The van der Waals surface area contributed by atoms with Gasteiger partial charge in [-0.15, -0.1) is 0 Å². The van der Waals surface area contributed by atoms with Crippen LogP contribution in [-0.4, -0.2) is 32.8 Å². The van der Waals surface area contributed by atoms with Crippen molar-refractivity contribution in [2.75, 3.05) is 32.8 Å². The topological polar surface area (TPSA) is 32.2 Å². The quantitative estimate of drug-likeness (QED) is 0.732. The number of H-pyrrole nitrogens is 1.